The fourth-order valence-electron chi connectivity index (χ4n) is 3.78. The zero-order valence-corrected chi connectivity index (χ0v) is 14.8. The number of ketones is 1. The lowest BCUT2D eigenvalue weighted by molar-refractivity contribution is 0.0777. The lowest BCUT2D eigenvalue weighted by Gasteiger charge is -2.41. The number of halogens is 1. The Labute approximate surface area is 147 Å². The number of nitrogens with zero attached hydrogens (tertiary/aromatic N) is 2. The number of rotatable bonds is 5. The van der Waals surface area contributed by atoms with Gasteiger partial charge in [-0.05, 0) is 44.4 Å². The van der Waals surface area contributed by atoms with E-state index in [1.807, 2.05) is 4.90 Å². The van der Waals surface area contributed by atoms with Gasteiger partial charge in [0.2, 0.25) is 0 Å². The fourth-order valence-corrected chi connectivity index (χ4v) is 3.78. The Bertz CT molecular complexity index is 650. The van der Waals surface area contributed by atoms with Gasteiger partial charge in [-0.3, -0.25) is 9.69 Å². The second kappa shape index (κ2) is 7.42. The Kier molecular flexibility index (Phi) is 5.25. The molecule has 1 aromatic carbocycles. The van der Waals surface area contributed by atoms with Crippen molar-refractivity contribution in [1.82, 2.24) is 4.90 Å². The number of amides is 1. The number of benzene rings is 1. The van der Waals surface area contributed by atoms with E-state index in [4.69, 9.17) is 4.74 Å². The van der Waals surface area contributed by atoms with Crippen LogP contribution in [0.25, 0.3) is 0 Å². The second-order valence-corrected chi connectivity index (χ2v) is 6.89. The molecule has 25 heavy (non-hydrogen) atoms. The van der Waals surface area contributed by atoms with E-state index in [9.17, 15) is 14.0 Å². The van der Waals surface area contributed by atoms with Gasteiger partial charge in [-0.15, -0.1) is 0 Å². The smallest absolute Gasteiger partial charge is 0.410 e. The molecule has 0 radical (unpaired) electrons. The molecule has 6 heteroatoms. The molecule has 0 N–H and O–H groups in total. The number of carbonyl (C=O) groups excluding carboxylic acids is 2. The number of hydrogen-bond donors (Lipinski definition) is 0. The summed E-state index contributed by atoms with van der Waals surface area (Å²) in [4.78, 5) is 27.7. The van der Waals surface area contributed by atoms with Crippen LogP contribution in [0.2, 0.25) is 0 Å². The number of fused-ring (bicyclic) bond motifs is 2. The number of piperazine rings is 1. The highest BCUT2D eigenvalue weighted by molar-refractivity contribution is 5.94. The monoisotopic (exact) mass is 348 g/mol. The molecule has 2 atom stereocenters. The first-order valence-electron chi connectivity index (χ1n) is 9.01. The molecule has 0 aromatic heterocycles. The van der Waals surface area contributed by atoms with Crippen LogP contribution in [0.3, 0.4) is 0 Å². The molecule has 2 unspecified atom stereocenters. The lowest BCUT2D eigenvalue weighted by atomic mass is 10.1. The van der Waals surface area contributed by atoms with Gasteiger partial charge < -0.3 is 9.64 Å². The van der Waals surface area contributed by atoms with E-state index >= 15 is 0 Å². The van der Waals surface area contributed by atoms with E-state index in [0.717, 1.165) is 31.4 Å². The molecule has 2 bridgehead atoms. The van der Waals surface area contributed by atoms with Crippen molar-refractivity contribution >= 4 is 17.6 Å². The Morgan fingerprint density at radius 1 is 1.24 bits per heavy atom. The molecule has 5 nitrogen and oxygen atoms in total. The number of carbonyl (C=O) groups is 2. The third-order valence-electron chi connectivity index (χ3n) is 5.11. The number of anilines is 1. The van der Waals surface area contributed by atoms with Gasteiger partial charge in [-0.1, -0.05) is 13.3 Å². The van der Waals surface area contributed by atoms with E-state index in [-0.39, 0.29) is 29.5 Å². The fraction of sp³-hybridized carbons (Fsp3) is 0.579. The molecular weight excluding hydrogens is 323 g/mol. The van der Waals surface area contributed by atoms with Gasteiger partial charge in [0, 0.05) is 18.8 Å². The van der Waals surface area contributed by atoms with Crippen molar-refractivity contribution in [2.24, 2.45) is 0 Å². The first-order valence-corrected chi connectivity index (χ1v) is 9.01. The van der Waals surface area contributed by atoms with Gasteiger partial charge in [0.25, 0.3) is 0 Å². The number of hydrogen-bond acceptors (Lipinski definition) is 4. The van der Waals surface area contributed by atoms with Gasteiger partial charge in [0.05, 0.1) is 24.3 Å². The minimum absolute atomic E-state index is 0.100. The quantitative estimate of drug-likeness (QED) is 0.602. The molecule has 2 aliphatic heterocycles. The molecule has 0 spiro atoms. The standard InChI is InChI=1S/C19H25FN2O3/c1-3-4-9-25-19(24)22-15-5-6-16(22)12-21(11-15)14-7-8-17(13(2)23)18(20)10-14/h7-8,10,15-16H,3-6,9,11-12H2,1-2H3. The summed E-state index contributed by atoms with van der Waals surface area (Å²) in [6, 6.07) is 4.95. The predicted molar refractivity (Wildman–Crippen MR) is 93.5 cm³/mol. The van der Waals surface area contributed by atoms with E-state index in [2.05, 4.69) is 11.8 Å². The van der Waals surface area contributed by atoms with Crippen molar-refractivity contribution < 1.29 is 18.7 Å². The molecule has 3 rings (SSSR count). The van der Waals surface area contributed by atoms with Gasteiger partial charge in [-0.25, -0.2) is 9.18 Å². The zero-order valence-electron chi connectivity index (χ0n) is 14.8. The molecule has 1 aromatic rings. The van der Waals surface area contributed by atoms with Crippen LogP contribution < -0.4 is 4.90 Å². The normalized spacial score (nSPS) is 22.2. The topological polar surface area (TPSA) is 49.9 Å². The maximum Gasteiger partial charge on any atom is 0.410 e. The largest absolute Gasteiger partial charge is 0.449 e. The molecule has 1 amide bonds. The van der Waals surface area contributed by atoms with Crippen LogP contribution in [-0.2, 0) is 4.74 Å². The Hall–Kier alpha value is -2.11. The minimum atomic E-state index is -0.487. The van der Waals surface area contributed by atoms with Gasteiger partial charge in [0.15, 0.2) is 5.78 Å². The molecule has 2 heterocycles. The van der Waals surface area contributed by atoms with Gasteiger partial charge >= 0.3 is 6.09 Å². The van der Waals surface area contributed by atoms with Crippen molar-refractivity contribution in [2.45, 2.75) is 51.6 Å². The van der Waals surface area contributed by atoms with Crippen LogP contribution in [0.4, 0.5) is 14.9 Å². The maximum absolute atomic E-state index is 14.1. The summed E-state index contributed by atoms with van der Waals surface area (Å²) in [5, 5.41) is 0. The van der Waals surface area contributed by atoms with Gasteiger partial charge in [-0.2, -0.15) is 0 Å². The van der Waals surface area contributed by atoms with Crippen LogP contribution >= 0.6 is 0 Å². The van der Waals surface area contributed by atoms with Crippen LogP contribution in [0.5, 0.6) is 0 Å². The van der Waals surface area contributed by atoms with E-state index < -0.39 is 5.82 Å². The summed E-state index contributed by atoms with van der Waals surface area (Å²) >= 11 is 0. The Morgan fingerprint density at radius 3 is 2.48 bits per heavy atom. The van der Waals surface area contributed by atoms with Crippen LogP contribution in [-0.4, -0.2) is 48.6 Å². The van der Waals surface area contributed by atoms with Gasteiger partial charge in [0.1, 0.15) is 5.82 Å². The van der Waals surface area contributed by atoms with Crippen LogP contribution in [0.1, 0.15) is 49.9 Å². The van der Waals surface area contributed by atoms with E-state index in [1.165, 1.54) is 13.0 Å². The molecule has 2 fully saturated rings. The number of unbranched alkanes of at least 4 members (excludes halogenated alkanes) is 1. The van der Waals surface area contributed by atoms with Crippen molar-refractivity contribution in [3.05, 3.63) is 29.6 Å². The minimum Gasteiger partial charge on any atom is -0.449 e. The molecular formula is C19H25FN2O3. The van der Waals surface area contributed by atoms with Crippen molar-refractivity contribution in [3.8, 4) is 0 Å². The third kappa shape index (κ3) is 3.62. The molecule has 2 aliphatic rings. The van der Waals surface area contributed by atoms with Crippen molar-refractivity contribution in [2.75, 3.05) is 24.6 Å². The summed E-state index contributed by atoms with van der Waals surface area (Å²) in [7, 11) is 0. The van der Waals surface area contributed by atoms with Crippen molar-refractivity contribution in [3.63, 3.8) is 0 Å². The highest BCUT2D eigenvalue weighted by Gasteiger charge is 2.43. The summed E-state index contributed by atoms with van der Waals surface area (Å²) < 4.78 is 19.5. The summed E-state index contributed by atoms with van der Waals surface area (Å²) in [5.41, 5.74) is 0.878. The molecule has 2 saturated heterocycles. The SMILES string of the molecule is CCCCOC(=O)N1C2CCC1CN(c1ccc(C(C)=O)c(F)c1)C2. The highest BCUT2D eigenvalue weighted by atomic mass is 19.1. The number of ether oxygens (including phenoxy) is 1. The first-order chi connectivity index (χ1) is 12.0. The average Bonchev–Trinajstić information content (AvgIpc) is 2.84. The summed E-state index contributed by atoms with van der Waals surface area (Å²) in [5.74, 6) is -0.762. The Balaban J connectivity index is 1.68. The molecule has 0 saturated carbocycles. The summed E-state index contributed by atoms with van der Waals surface area (Å²) in [6.07, 6.45) is 3.54. The highest BCUT2D eigenvalue weighted by Crippen LogP contribution is 2.33. The van der Waals surface area contributed by atoms with Crippen molar-refractivity contribution in [1.29, 1.82) is 0 Å². The summed E-state index contributed by atoms with van der Waals surface area (Å²) in [6.45, 7) is 5.22. The third-order valence-corrected chi connectivity index (χ3v) is 5.11. The average molecular weight is 348 g/mol. The van der Waals surface area contributed by atoms with E-state index in [1.54, 1.807) is 12.1 Å². The molecule has 136 valence electrons. The maximum atomic E-state index is 14.1. The van der Waals surface area contributed by atoms with Crippen LogP contribution in [0, 0.1) is 5.82 Å². The lowest BCUT2D eigenvalue weighted by Crippen LogP contribution is -2.56. The predicted octanol–water partition coefficient (Wildman–Crippen LogP) is 3.62. The van der Waals surface area contributed by atoms with E-state index in [0.29, 0.717) is 19.7 Å². The zero-order chi connectivity index (χ0) is 18.0. The Morgan fingerprint density at radius 2 is 1.92 bits per heavy atom. The number of Topliss-reactive ketones (excluding diaryl/α,β-unsaturated/α-hetero) is 1. The second-order valence-electron chi connectivity index (χ2n) is 6.89. The molecule has 0 aliphatic carbocycles. The first kappa shape index (κ1) is 17.7. The van der Waals surface area contributed by atoms with Crippen LogP contribution in [0.15, 0.2) is 18.2 Å².